The number of hydrogen-bond acceptors (Lipinski definition) is 4. The first kappa shape index (κ1) is 11.7. The maximum absolute atomic E-state index is 12.0. The molecule has 0 unspecified atom stereocenters. The number of esters is 1. The normalized spacial score (nSPS) is 42.7. The molecule has 0 aromatic carbocycles. The highest BCUT2D eigenvalue weighted by molar-refractivity contribution is 5.96. The van der Waals surface area contributed by atoms with E-state index in [9.17, 15) is 14.7 Å². The molecule has 0 amide bonds. The molecule has 0 aromatic heterocycles. The van der Waals surface area contributed by atoms with E-state index in [4.69, 9.17) is 4.74 Å². The van der Waals surface area contributed by atoms with Crippen LogP contribution in [0, 0.1) is 11.3 Å². The lowest BCUT2D eigenvalue weighted by atomic mass is 9.58. The second kappa shape index (κ2) is 3.54. The fraction of sp³-hybridized carbons (Fsp3) is 0.571. The van der Waals surface area contributed by atoms with Crippen molar-refractivity contribution in [1.82, 2.24) is 0 Å². The van der Waals surface area contributed by atoms with E-state index in [0.29, 0.717) is 18.4 Å². The van der Waals surface area contributed by atoms with Gasteiger partial charge in [-0.15, -0.1) is 0 Å². The van der Waals surface area contributed by atoms with E-state index in [2.05, 4.69) is 0 Å². The molecular formula is C14H16O4. The molecule has 1 aliphatic heterocycles. The number of aliphatic hydroxyl groups is 1. The van der Waals surface area contributed by atoms with Crippen molar-refractivity contribution in [3.8, 4) is 0 Å². The summed E-state index contributed by atoms with van der Waals surface area (Å²) < 4.78 is 5.32. The highest BCUT2D eigenvalue weighted by atomic mass is 16.5. The quantitative estimate of drug-likeness (QED) is 0.653. The predicted molar refractivity (Wildman–Crippen MR) is 63.6 cm³/mol. The zero-order valence-corrected chi connectivity index (χ0v) is 10.5. The van der Waals surface area contributed by atoms with Crippen molar-refractivity contribution in [3.05, 3.63) is 23.3 Å². The second-order valence-corrected chi connectivity index (χ2v) is 5.72. The number of ether oxygens (including phenoxy) is 1. The zero-order valence-electron chi connectivity index (χ0n) is 10.5. The van der Waals surface area contributed by atoms with Gasteiger partial charge in [0.1, 0.15) is 6.10 Å². The lowest BCUT2D eigenvalue weighted by Crippen LogP contribution is -2.50. The van der Waals surface area contributed by atoms with Crippen molar-refractivity contribution in [3.63, 3.8) is 0 Å². The summed E-state index contributed by atoms with van der Waals surface area (Å²) in [5.41, 5.74) is 1.06. The van der Waals surface area contributed by atoms with Crippen LogP contribution in [0.15, 0.2) is 23.3 Å². The summed E-state index contributed by atoms with van der Waals surface area (Å²) in [7, 11) is 0. The average Bonchev–Trinajstić information content (AvgIpc) is 2.58. The van der Waals surface area contributed by atoms with Crippen molar-refractivity contribution in [2.24, 2.45) is 11.3 Å². The number of ketones is 1. The molecule has 18 heavy (non-hydrogen) atoms. The lowest BCUT2D eigenvalue weighted by Gasteiger charge is -2.46. The van der Waals surface area contributed by atoms with E-state index in [1.165, 1.54) is 6.08 Å². The monoisotopic (exact) mass is 248 g/mol. The summed E-state index contributed by atoms with van der Waals surface area (Å²) in [6.07, 6.45) is 3.16. The fourth-order valence-electron chi connectivity index (χ4n) is 3.38. The van der Waals surface area contributed by atoms with Crippen molar-refractivity contribution in [2.45, 2.75) is 38.9 Å². The van der Waals surface area contributed by atoms with Crippen LogP contribution in [0.3, 0.4) is 0 Å². The summed E-state index contributed by atoms with van der Waals surface area (Å²) in [4.78, 5) is 23.6. The minimum absolute atomic E-state index is 0.0425. The van der Waals surface area contributed by atoms with Gasteiger partial charge in [-0.05, 0) is 31.4 Å². The van der Waals surface area contributed by atoms with Crippen LogP contribution in [0.2, 0.25) is 0 Å². The molecule has 1 fully saturated rings. The first-order chi connectivity index (χ1) is 8.43. The fourth-order valence-corrected chi connectivity index (χ4v) is 3.38. The minimum Gasteiger partial charge on any atom is -0.454 e. The third-order valence-electron chi connectivity index (χ3n) is 4.73. The van der Waals surface area contributed by atoms with Gasteiger partial charge in [-0.1, -0.05) is 13.0 Å². The molecule has 0 radical (unpaired) electrons. The summed E-state index contributed by atoms with van der Waals surface area (Å²) in [5.74, 6) is -0.485. The highest BCUT2D eigenvalue weighted by Gasteiger charge is 2.53. The van der Waals surface area contributed by atoms with E-state index in [1.807, 2.05) is 6.92 Å². The van der Waals surface area contributed by atoms with Crippen LogP contribution >= 0.6 is 0 Å². The topological polar surface area (TPSA) is 63.6 Å². The molecule has 0 saturated heterocycles. The van der Waals surface area contributed by atoms with E-state index in [0.717, 1.165) is 5.57 Å². The predicted octanol–water partition coefficient (Wildman–Crippen LogP) is 1.14. The Labute approximate surface area is 105 Å². The molecule has 0 aromatic rings. The lowest BCUT2D eigenvalue weighted by molar-refractivity contribution is -0.145. The molecule has 1 heterocycles. The largest absolute Gasteiger partial charge is 0.454 e. The SMILES string of the molecule is CC1=C2C[C@H]3C(=O)C=C[C@H](O)[C@]3(C)C[C@@H]2OC1=O. The Kier molecular flexibility index (Phi) is 2.29. The molecule has 0 bridgehead atoms. The Bertz CT molecular complexity index is 502. The summed E-state index contributed by atoms with van der Waals surface area (Å²) in [6.45, 7) is 3.65. The molecule has 0 spiro atoms. The van der Waals surface area contributed by atoms with Gasteiger partial charge in [0, 0.05) is 16.9 Å². The van der Waals surface area contributed by atoms with Gasteiger partial charge in [0.25, 0.3) is 0 Å². The maximum Gasteiger partial charge on any atom is 0.334 e. The van der Waals surface area contributed by atoms with Gasteiger partial charge in [-0.2, -0.15) is 0 Å². The number of hydrogen-bond donors (Lipinski definition) is 1. The molecule has 4 atom stereocenters. The Morgan fingerprint density at radius 2 is 2.17 bits per heavy atom. The van der Waals surface area contributed by atoms with E-state index in [1.54, 1.807) is 13.0 Å². The molecule has 2 aliphatic carbocycles. The first-order valence-corrected chi connectivity index (χ1v) is 6.24. The maximum atomic E-state index is 12.0. The van der Waals surface area contributed by atoms with Crippen LogP contribution in [0.25, 0.3) is 0 Å². The van der Waals surface area contributed by atoms with Crippen LogP contribution in [0.5, 0.6) is 0 Å². The zero-order chi connectivity index (χ0) is 13.1. The number of carbonyl (C=O) groups excluding carboxylic acids is 2. The number of allylic oxidation sites excluding steroid dienone is 1. The standard InChI is InChI=1S/C14H16O4/c1-7-8-5-9-10(15)3-4-12(16)14(9,2)6-11(8)18-13(7)17/h3-4,9,11-12,16H,5-6H2,1-2H3/t9-,11-,12-,14+/m0/s1. The Morgan fingerprint density at radius 1 is 1.44 bits per heavy atom. The Morgan fingerprint density at radius 3 is 2.89 bits per heavy atom. The first-order valence-electron chi connectivity index (χ1n) is 6.24. The van der Waals surface area contributed by atoms with Crippen molar-refractivity contribution < 1.29 is 19.4 Å². The van der Waals surface area contributed by atoms with E-state index in [-0.39, 0.29) is 23.8 Å². The van der Waals surface area contributed by atoms with Gasteiger partial charge in [0.15, 0.2) is 5.78 Å². The number of rotatable bonds is 0. The summed E-state index contributed by atoms with van der Waals surface area (Å²) >= 11 is 0. The summed E-state index contributed by atoms with van der Waals surface area (Å²) in [5, 5.41) is 10.1. The molecule has 1 saturated carbocycles. The van der Waals surface area contributed by atoms with Crippen LogP contribution in [0.1, 0.15) is 26.7 Å². The van der Waals surface area contributed by atoms with Gasteiger partial charge in [-0.3, -0.25) is 4.79 Å². The molecule has 4 nitrogen and oxygen atoms in total. The van der Waals surface area contributed by atoms with Crippen molar-refractivity contribution in [1.29, 1.82) is 0 Å². The van der Waals surface area contributed by atoms with Crippen molar-refractivity contribution >= 4 is 11.8 Å². The molecule has 3 rings (SSSR count). The van der Waals surface area contributed by atoms with Crippen LogP contribution in [-0.2, 0) is 14.3 Å². The highest BCUT2D eigenvalue weighted by Crippen LogP contribution is 2.51. The van der Waals surface area contributed by atoms with Crippen LogP contribution in [-0.4, -0.2) is 29.1 Å². The molecule has 4 heteroatoms. The number of fused-ring (bicyclic) bond motifs is 2. The van der Waals surface area contributed by atoms with E-state index < -0.39 is 11.5 Å². The van der Waals surface area contributed by atoms with Crippen LogP contribution < -0.4 is 0 Å². The third kappa shape index (κ3) is 1.35. The second-order valence-electron chi connectivity index (χ2n) is 5.72. The number of aliphatic hydroxyl groups excluding tert-OH is 1. The molecule has 3 aliphatic rings. The Hall–Kier alpha value is -1.42. The Balaban J connectivity index is 2.03. The minimum atomic E-state index is -0.652. The molecule has 1 N–H and O–H groups in total. The molecule has 96 valence electrons. The van der Waals surface area contributed by atoms with E-state index >= 15 is 0 Å². The van der Waals surface area contributed by atoms with Gasteiger partial charge >= 0.3 is 5.97 Å². The van der Waals surface area contributed by atoms with Gasteiger partial charge in [-0.25, -0.2) is 4.79 Å². The third-order valence-corrected chi connectivity index (χ3v) is 4.73. The van der Waals surface area contributed by atoms with Crippen LogP contribution in [0.4, 0.5) is 0 Å². The average molecular weight is 248 g/mol. The van der Waals surface area contributed by atoms with Gasteiger partial charge < -0.3 is 9.84 Å². The van der Waals surface area contributed by atoms with Gasteiger partial charge in [0.05, 0.1) is 6.10 Å². The van der Waals surface area contributed by atoms with Crippen molar-refractivity contribution in [2.75, 3.05) is 0 Å². The van der Waals surface area contributed by atoms with Gasteiger partial charge in [0.2, 0.25) is 0 Å². The number of carbonyl (C=O) groups is 2. The summed E-state index contributed by atoms with van der Waals surface area (Å²) in [6, 6.07) is 0. The smallest absolute Gasteiger partial charge is 0.334 e. The molecular weight excluding hydrogens is 232 g/mol.